The maximum absolute atomic E-state index is 15.7. The van der Waals surface area contributed by atoms with Gasteiger partial charge >= 0.3 is 11.2 Å². The van der Waals surface area contributed by atoms with Gasteiger partial charge in [-0.1, -0.05) is 11.8 Å². The molecule has 8 heteroatoms. The number of nitrogens with one attached hydrogen (secondary N) is 1. The third-order valence-corrected chi connectivity index (χ3v) is 6.87. The molecular weight excluding hydrogens is 394 g/mol. The Hall–Kier alpha value is -2.45. The summed E-state index contributed by atoms with van der Waals surface area (Å²) >= 11 is -4.31. The number of fused-ring (bicyclic) bond motifs is 2. The SMILES string of the molecule is CN(C)CCCC(=O)CCc1ccc2n1S(F)(F)[N+]1=C(c3ccc[nH]3)C=CC1=C2. The first-order valence-corrected chi connectivity index (χ1v) is 11.0. The van der Waals surface area contributed by atoms with Gasteiger partial charge < -0.3 is 9.88 Å². The van der Waals surface area contributed by atoms with Crippen LogP contribution in [0.5, 0.6) is 0 Å². The number of hydrogen-bond acceptors (Lipinski definition) is 2. The summed E-state index contributed by atoms with van der Waals surface area (Å²) in [5, 5.41) is 0. The van der Waals surface area contributed by atoms with Crippen molar-refractivity contribution in [2.75, 3.05) is 20.6 Å². The van der Waals surface area contributed by atoms with Crippen molar-refractivity contribution in [2.24, 2.45) is 0 Å². The molecule has 4 heterocycles. The highest BCUT2D eigenvalue weighted by Crippen LogP contribution is 2.60. The molecule has 2 aliphatic rings. The fourth-order valence-electron chi connectivity index (χ4n) is 3.74. The van der Waals surface area contributed by atoms with Gasteiger partial charge in [0.25, 0.3) is 0 Å². The van der Waals surface area contributed by atoms with Crippen molar-refractivity contribution in [3.63, 3.8) is 0 Å². The number of ketones is 1. The summed E-state index contributed by atoms with van der Waals surface area (Å²) in [5.41, 5.74) is 2.61. The number of hydrogen-bond donors (Lipinski definition) is 1. The Labute approximate surface area is 171 Å². The van der Waals surface area contributed by atoms with E-state index in [1.165, 1.54) is 0 Å². The largest absolute Gasteiger partial charge is 0.388 e. The molecule has 154 valence electrons. The summed E-state index contributed by atoms with van der Waals surface area (Å²) in [6.45, 7) is 0.849. The topological polar surface area (TPSA) is 44.0 Å². The molecule has 2 aromatic heterocycles. The maximum atomic E-state index is 15.7. The molecule has 4 rings (SSSR count). The number of carbonyl (C=O) groups is 1. The fraction of sp³-hybridized carbons (Fsp3) is 0.333. The van der Waals surface area contributed by atoms with E-state index in [-0.39, 0.29) is 12.2 Å². The van der Waals surface area contributed by atoms with E-state index in [1.54, 1.807) is 48.7 Å². The van der Waals surface area contributed by atoms with Crippen molar-refractivity contribution in [2.45, 2.75) is 25.7 Å². The maximum Gasteiger partial charge on any atom is 0.388 e. The fourth-order valence-corrected chi connectivity index (χ4v) is 5.47. The van der Waals surface area contributed by atoms with Crippen LogP contribution in [0.1, 0.15) is 36.3 Å². The van der Waals surface area contributed by atoms with Gasteiger partial charge in [-0.05, 0) is 57.7 Å². The Kier molecular flexibility index (Phi) is 5.31. The van der Waals surface area contributed by atoms with Gasteiger partial charge in [0.1, 0.15) is 11.5 Å². The van der Waals surface area contributed by atoms with Crippen molar-refractivity contribution >= 4 is 28.7 Å². The van der Waals surface area contributed by atoms with Gasteiger partial charge in [0.15, 0.2) is 0 Å². The first-order chi connectivity index (χ1) is 13.9. The van der Waals surface area contributed by atoms with E-state index in [0.717, 1.165) is 20.9 Å². The van der Waals surface area contributed by atoms with E-state index in [1.807, 2.05) is 19.0 Å². The zero-order valence-electron chi connectivity index (χ0n) is 16.6. The van der Waals surface area contributed by atoms with Crippen molar-refractivity contribution in [1.29, 1.82) is 0 Å². The summed E-state index contributed by atoms with van der Waals surface area (Å²) < 4.78 is 33.6. The average Bonchev–Trinajstić information content (AvgIpc) is 3.39. The van der Waals surface area contributed by atoms with Crippen molar-refractivity contribution in [3.8, 4) is 0 Å². The second kappa shape index (κ2) is 7.76. The molecule has 0 aliphatic carbocycles. The minimum absolute atomic E-state index is 0.120. The molecule has 2 aromatic rings. The molecule has 0 fully saturated rings. The van der Waals surface area contributed by atoms with Crippen LogP contribution in [-0.2, 0) is 11.2 Å². The number of Topliss-reactive ketones (excluding diaryl/α,β-unsaturated/α-hetero) is 1. The summed E-state index contributed by atoms with van der Waals surface area (Å²) in [4.78, 5) is 17.2. The quantitative estimate of drug-likeness (QED) is 0.647. The van der Waals surface area contributed by atoms with Crippen molar-refractivity contribution in [1.82, 2.24) is 13.9 Å². The molecule has 0 saturated carbocycles. The van der Waals surface area contributed by atoms with Gasteiger partial charge in [-0.25, -0.2) is 3.97 Å². The second-order valence-corrected chi connectivity index (χ2v) is 9.13. The lowest BCUT2D eigenvalue weighted by molar-refractivity contribution is -0.300. The standard InChI is InChI=1S/C21H24F2N4OS/c1-25(2)14-4-5-19(28)11-9-16-7-8-17-15-18-10-12-21(20-6-3-13-24-20)27(18)29(22,23)26(16)17/h3,6-8,10,12-13,15H,4-5,9,11,14H2,1-2H3/p+1. The van der Waals surface area contributed by atoms with Gasteiger partial charge in [-0.15, -0.1) is 0 Å². The van der Waals surface area contributed by atoms with Crippen LogP contribution >= 0.6 is 11.2 Å². The monoisotopic (exact) mass is 419 g/mol. The van der Waals surface area contributed by atoms with Gasteiger partial charge in [-0.3, -0.25) is 4.79 Å². The van der Waals surface area contributed by atoms with Crippen LogP contribution in [0, 0.1) is 0 Å². The van der Waals surface area contributed by atoms with E-state index in [0.29, 0.717) is 41.3 Å². The minimum Gasteiger partial charge on any atom is -0.356 e. The highest BCUT2D eigenvalue weighted by Gasteiger charge is 2.50. The Morgan fingerprint density at radius 1 is 1.21 bits per heavy atom. The summed E-state index contributed by atoms with van der Waals surface area (Å²) in [7, 11) is 3.94. The third-order valence-electron chi connectivity index (χ3n) is 5.14. The van der Waals surface area contributed by atoms with Crippen LogP contribution in [0.2, 0.25) is 0 Å². The molecule has 5 nitrogen and oxygen atoms in total. The van der Waals surface area contributed by atoms with Gasteiger partial charge in [0.2, 0.25) is 11.4 Å². The molecule has 29 heavy (non-hydrogen) atoms. The lowest BCUT2D eigenvalue weighted by Gasteiger charge is -2.25. The van der Waals surface area contributed by atoms with Gasteiger partial charge in [0, 0.05) is 43.0 Å². The highest BCUT2D eigenvalue weighted by molar-refractivity contribution is 8.18. The molecule has 0 saturated heterocycles. The lowest BCUT2D eigenvalue weighted by atomic mass is 10.1. The van der Waals surface area contributed by atoms with E-state index in [4.69, 9.17) is 0 Å². The van der Waals surface area contributed by atoms with Gasteiger partial charge in [0.05, 0.1) is 5.69 Å². The van der Waals surface area contributed by atoms with E-state index < -0.39 is 11.2 Å². The number of halogens is 2. The smallest absolute Gasteiger partial charge is 0.356 e. The molecular formula is C21H25F2N4OS+. The number of aromatic amines is 1. The Bertz CT molecular complexity index is 1020. The molecule has 0 aromatic carbocycles. The number of carbonyl (C=O) groups excluding carboxylic acids is 1. The zero-order chi connectivity index (χ0) is 20.6. The third kappa shape index (κ3) is 3.74. The number of aromatic nitrogens is 2. The molecule has 2 aliphatic heterocycles. The average molecular weight is 420 g/mol. The number of H-pyrrole nitrogens is 1. The second-order valence-electron chi connectivity index (χ2n) is 7.57. The number of allylic oxidation sites excluding steroid dienone is 2. The van der Waals surface area contributed by atoms with Crippen LogP contribution in [0.15, 0.2) is 48.3 Å². The van der Waals surface area contributed by atoms with Gasteiger partial charge in [-0.2, -0.15) is 0 Å². The van der Waals surface area contributed by atoms with E-state index in [2.05, 4.69) is 4.98 Å². The zero-order valence-corrected chi connectivity index (χ0v) is 17.4. The Morgan fingerprint density at radius 3 is 2.76 bits per heavy atom. The summed E-state index contributed by atoms with van der Waals surface area (Å²) in [6.07, 6.45) is 8.84. The van der Waals surface area contributed by atoms with E-state index >= 15 is 7.77 Å². The highest BCUT2D eigenvalue weighted by atomic mass is 32.3. The predicted molar refractivity (Wildman–Crippen MR) is 113 cm³/mol. The lowest BCUT2D eigenvalue weighted by Crippen LogP contribution is -2.25. The van der Waals surface area contributed by atoms with Crippen LogP contribution in [-0.4, -0.2) is 50.0 Å². The molecule has 0 atom stereocenters. The molecule has 0 radical (unpaired) electrons. The molecule has 0 bridgehead atoms. The first-order valence-electron chi connectivity index (χ1n) is 9.69. The number of rotatable bonds is 8. The Balaban J connectivity index is 1.57. The predicted octanol–water partition coefficient (Wildman–Crippen LogP) is 4.34. The van der Waals surface area contributed by atoms with Crippen LogP contribution in [0.3, 0.4) is 0 Å². The minimum atomic E-state index is -4.31. The van der Waals surface area contributed by atoms with E-state index in [9.17, 15) is 4.79 Å². The van der Waals surface area contributed by atoms with Crippen LogP contribution < -0.4 is 0 Å². The van der Waals surface area contributed by atoms with Crippen molar-refractivity contribution < 1.29 is 16.5 Å². The molecule has 0 amide bonds. The molecule has 0 spiro atoms. The van der Waals surface area contributed by atoms with Crippen LogP contribution in [0.4, 0.5) is 7.77 Å². The summed E-state index contributed by atoms with van der Waals surface area (Å²) in [6, 6.07) is 7.03. The van der Waals surface area contributed by atoms with Crippen molar-refractivity contribution in [3.05, 3.63) is 65.4 Å². The normalized spacial score (nSPS) is 18.0. The van der Waals surface area contributed by atoms with Crippen LogP contribution in [0.25, 0.3) is 6.08 Å². The number of aryl methyl sites for hydroxylation is 1. The number of nitrogens with zero attached hydrogens (tertiary/aromatic N) is 3. The summed E-state index contributed by atoms with van der Waals surface area (Å²) in [5.74, 6) is 0.120. The molecule has 0 unspecified atom stereocenters. The Morgan fingerprint density at radius 2 is 2.03 bits per heavy atom. The first kappa shape index (κ1) is 19.8. The molecule has 1 N–H and O–H groups in total.